The fraction of sp³-hybridized carbons (Fsp3) is 0.560. The predicted molar refractivity (Wildman–Crippen MR) is 142 cm³/mol. The molecule has 0 spiro atoms. The molecule has 4 atom stereocenters. The van der Waals surface area contributed by atoms with E-state index < -0.39 is 63.8 Å². The van der Waals surface area contributed by atoms with Crippen LogP contribution in [0.15, 0.2) is 36.0 Å². The Bertz CT molecular complexity index is 1390. The van der Waals surface area contributed by atoms with Gasteiger partial charge in [-0.1, -0.05) is 11.2 Å². The summed E-state index contributed by atoms with van der Waals surface area (Å²) >= 11 is 0. The lowest BCUT2D eigenvalue weighted by molar-refractivity contribution is -0.131. The number of amides is 2. The van der Waals surface area contributed by atoms with Crippen LogP contribution < -0.4 is 14.8 Å². The van der Waals surface area contributed by atoms with Crippen molar-refractivity contribution in [3.63, 3.8) is 0 Å². The molecule has 212 valence electrons. The average Bonchev–Trinajstić information content (AvgIpc) is 3.78. The van der Waals surface area contributed by atoms with Gasteiger partial charge in [-0.2, -0.15) is 0 Å². The van der Waals surface area contributed by atoms with Crippen LogP contribution in [0.1, 0.15) is 37.7 Å². The summed E-state index contributed by atoms with van der Waals surface area (Å²) < 4.78 is 60.9. The van der Waals surface area contributed by atoms with Gasteiger partial charge in [0.05, 0.1) is 23.6 Å². The minimum atomic E-state index is -3.81. The van der Waals surface area contributed by atoms with Gasteiger partial charge in [-0.15, -0.1) is 6.58 Å². The van der Waals surface area contributed by atoms with Crippen LogP contribution in [0.3, 0.4) is 0 Å². The lowest BCUT2D eigenvalue weighted by atomic mass is 10.0. The topological polar surface area (TPSA) is 143 Å². The Labute approximate surface area is 226 Å². The highest BCUT2D eigenvalue weighted by Crippen LogP contribution is 2.49. The number of hydrogen-bond donors (Lipinski definition) is 2. The van der Waals surface area contributed by atoms with Gasteiger partial charge in [0.2, 0.25) is 15.9 Å². The highest BCUT2D eigenvalue weighted by atomic mass is 32.2. The Morgan fingerprint density at radius 3 is 2.72 bits per heavy atom. The summed E-state index contributed by atoms with van der Waals surface area (Å²) in [5.74, 6) is -1.73. The largest absolute Gasteiger partial charge is 0.492 e. The number of nitrogens with one attached hydrogen (secondary N) is 2. The molecule has 2 amide bonds. The second-order valence-electron chi connectivity index (χ2n) is 10.9. The van der Waals surface area contributed by atoms with Gasteiger partial charge in [-0.3, -0.25) is 14.3 Å². The fourth-order valence-corrected chi connectivity index (χ4v) is 7.94. The number of ether oxygens (including phenoxy) is 1. The summed E-state index contributed by atoms with van der Waals surface area (Å²) in [6.07, 6.45) is 2.64. The fourth-order valence-electron chi connectivity index (χ4n) is 5.13. The van der Waals surface area contributed by atoms with Gasteiger partial charge in [-0.05, 0) is 37.5 Å². The first kappa shape index (κ1) is 27.8. The number of sulfonamides is 1. The molecule has 4 aliphatic rings. The third kappa shape index (κ3) is 5.62. The van der Waals surface area contributed by atoms with Crippen LogP contribution in [0.5, 0.6) is 5.75 Å². The molecule has 2 unspecified atom stereocenters. The number of oxime groups is 1. The quantitative estimate of drug-likeness (QED) is 0.256. The third-order valence-electron chi connectivity index (χ3n) is 7.57. The number of carbonyl (C=O) groups excluding carboxylic acids is 2. The maximum atomic E-state index is 13.8. The lowest BCUT2D eigenvalue weighted by Gasteiger charge is -2.28. The Hall–Kier alpha value is -2.76. The molecule has 5 rings (SSSR count). The van der Waals surface area contributed by atoms with E-state index in [1.165, 1.54) is 37.6 Å². The highest BCUT2D eigenvalue weighted by molar-refractivity contribution is 7.91. The molecule has 0 aromatic heterocycles. The van der Waals surface area contributed by atoms with E-state index in [1.54, 1.807) is 4.67 Å². The number of fused-ring (bicyclic) bond motifs is 1. The number of nitrogens with zero attached hydrogens (tertiary/aromatic N) is 2. The molecule has 1 aromatic carbocycles. The normalized spacial score (nSPS) is 29.7. The molecule has 2 aliphatic heterocycles. The first-order chi connectivity index (χ1) is 18.3. The molecule has 14 heteroatoms. The zero-order valence-electron chi connectivity index (χ0n) is 21.8. The van der Waals surface area contributed by atoms with Gasteiger partial charge in [0.25, 0.3) is 5.91 Å². The molecule has 2 N–H and O–H groups in total. The smallest absolute Gasteiger partial charge is 0.259 e. The van der Waals surface area contributed by atoms with Crippen molar-refractivity contribution < 1.29 is 36.5 Å². The summed E-state index contributed by atoms with van der Waals surface area (Å²) in [6.45, 7) is 7.27. The molecule has 11 nitrogen and oxygen atoms in total. The van der Waals surface area contributed by atoms with Crippen LogP contribution in [0.2, 0.25) is 0 Å². The molecular formula is C25H32FN4O7PS. The summed E-state index contributed by atoms with van der Waals surface area (Å²) in [5.41, 5.74) is -0.446. The zero-order chi connectivity index (χ0) is 28.2. The van der Waals surface area contributed by atoms with Crippen LogP contribution in [-0.4, -0.2) is 80.0 Å². The van der Waals surface area contributed by atoms with Crippen LogP contribution in [0, 0.1) is 11.7 Å². The standard InChI is InChI=1S/C25H32FN4O7PS/c1-4-15-13-25(15,24(32)29-39(34,35)18-6-7-18)27-23(31)21-12-17(14-30(21)38(2,3)33)37-28-20-9-10-36-22-8-5-16(26)11-19(20)22/h4-5,8,11,15,17-18,21H,1,6-7,9-10,12-14H2,2-3H3,(H,27,31)(H,29,32)/b28-20+/t15-,17?,21?,25+/m1/s1. The van der Waals surface area contributed by atoms with Crippen molar-refractivity contribution in [3.05, 3.63) is 42.2 Å². The minimum absolute atomic E-state index is 0.137. The van der Waals surface area contributed by atoms with Gasteiger partial charge in [-0.25, -0.2) is 17.5 Å². The van der Waals surface area contributed by atoms with E-state index in [0.29, 0.717) is 42.9 Å². The molecule has 2 saturated carbocycles. The molecule has 0 bridgehead atoms. The maximum absolute atomic E-state index is 13.8. The SMILES string of the molecule is C=C[C@@H]1C[C@@]1(NC(=O)C1CC(O/N=C2\CCOc3ccc(F)cc32)CN1P(C)(C)=O)C(=O)NS(=O)(=O)C1CC1. The van der Waals surface area contributed by atoms with Crippen LogP contribution in [0.25, 0.3) is 0 Å². The van der Waals surface area contributed by atoms with Crippen LogP contribution in [-0.2, 0) is 29.0 Å². The van der Waals surface area contributed by atoms with E-state index >= 15 is 0 Å². The van der Waals surface area contributed by atoms with Crippen molar-refractivity contribution in [2.24, 2.45) is 11.1 Å². The van der Waals surface area contributed by atoms with E-state index in [2.05, 4.69) is 21.8 Å². The second-order valence-corrected chi connectivity index (χ2v) is 15.9. The Kier molecular flexibility index (Phi) is 7.13. The molecule has 39 heavy (non-hydrogen) atoms. The first-order valence-corrected chi connectivity index (χ1v) is 16.9. The average molecular weight is 583 g/mol. The van der Waals surface area contributed by atoms with Crippen LogP contribution >= 0.6 is 7.29 Å². The number of halogens is 1. The number of hydrogen-bond acceptors (Lipinski definition) is 8. The monoisotopic (exact) mass is 582 g/mol. The van der Waals surface area contributed by atoms with Gasteiger partial charge in [0.15, 0.2) is 0 Å². The van der Waals surface area contributed by atoms with E-state index in [1.807, 2.05) is 0 Å². The predicted octanol–water partition coefficient (Wildman–Crippen LogP) is 1.98. The number of benzene rings is 1. The highest BCUT2D eigenvalue weighted by Gasteiger charge is 2.62. The molecule has 1 saturated heterocycles. The van der Waals surface area contributed by atoms with Crippen molar-refractivity contribution >= 4 is 34.8 Å². The zero-order valence-corrected chi connectivity index (χ0v) is 23.5. The number of carbonyl (C=O) groups is 2. The van der Waals surface area contributed by atoms with E-state index in [9.17, 15) is 27.0 Å². The molecule has 1 aromatic rings. The van der Waals surface area contributed by atoms with Crippen molar-refractivity contribution in [2.75, 3.05) is 26.5 Å². The third-order valence-corrected chi connectivity index (χ3v) is 11.1. The van der Waals surface area contributed by atoms with Crippen molar-refractivity contribution in [3.8, 4) is 5.75 Å². The summed E-state index contributed by atoms with van der Waals surface area (Å²) in [7, 11) is -6.76. The van der Waals surface area contributed by atoms with Crippen molar-refractivity contribution in [2.45, 2.75) is 55.0 Å². The summed E-state index contributed by atoms with van der Waals surface area (Å²) in [6, 6.07) is 3.25. The summed E-state index contributed by atoms with van der Waals surface area (Å²) in [5, 5.41) is 6.39. The minimum Gasteiger partial charge on any atom is -0.492 e. The molecule has 2 aliphatic carbocycles. The van der Waals surface area contributed by atoms with Crippen molar-refractivity contribution in [1.82, 2.24) is 14.7 Å². The Balaban J connectivity index is 1.31. The van der Waals surface area contributed by atoms with Gasteiger partial charge in [0, 0.05) is 44.2 Å². The molecule has 2 heterocycles. The van der Waals surface area contributed by atoms with E-state index in [0.717, 1.165) is 0 Å². The molecular weight excluding hydrogens is 550 g/mol. The Morgan fingerprint density at radius 1 is 1.33 bits per heavy atom. The summed E-state index contributed by atoms with van der Waals surface area (Å²) in [4.78, 5) is 32.3. The molecule has 3 fully saturated rings. The first-order valence-electron chi connectivity index (χ1n) is 12.8. The lowest BCUT2D eigenvalue weighted by Crippen LogP contribution is -2.55. The van der Waals surface area contributed by atoms with Gasteiger partial charge >= 0.3 is 0 Å². The Morgan fingerprint density at radius 2 is 2.08 bits per heavy atom. The van der Waals surface area contributed by atoms with Gasteiger partial charge < -0.3 is 19.5 Å². The van der Waals surface area contributed by atoms with E-state index in [-0.39, 0.29) is 19.4 Å². The van der Waals surface area contributed by atoms with Crippen LogP contribution in [0.4, 0.5) is 4.39 Å². The second kappa shape index (κ2) is 10.0. The van der Waals surface area contributed by atoms with Gasteiger partial charge in [0.1, 0.15) is 30.5 Å². The maximum Gasteiger partial charge on any atom is 0.259 e. The van der Waals surface area contributed by atoms with E-state index in [4.69, 9.17) is 9.57 Å². The van der Waals surface area contributed by atoms with Crippen molar-refractivity contribution in [1.29, 1.82) is 0 Å². The molecule has 0 radical (unpaired) electrons. The number of rotatable bonds is 9.